The first-order valence-corrected chi connectivity index (χ1v) is 20.5. The molecule has 0 fully saturated rings. The molecule has 0 saturated carbocycles. The third-order valence-corrected chi connectivity index (χ3v) is 12.2. The number of thiophene rings is 1. The highest BCUT2D eigenvalue weighted by molar-refractivity contribution is 7.25. The quantitative estimate of drug-likeness (QED) is 0.129. The van der Waals surface area contributed by atoms with E-state index >= 15 is 0 Å². The van der Waals surface area contributed by atoms with Crippen molar-refractivity contribution < 1.29 is 0 Å². The molecule has 2 N–H and O–H groups in total. The summed E-state index contributed by atoms with van der Waals surface area (Å²) in [4.78, 5) is 15.4. The van der Waals surface area contributed by atoms with Crippen molar-refractivity contribution in [3.8, 4) is 22.8 Å². The number of aliphatic imine (C=N–C) groups is 2. The second kappa shape index (κ2) is 14.4. The van der Waals surface area contributed by atoms with Crippen LogP contribution in [0.15, 0.2) is 204 Å². The molecular formula is C52H36N6S. The Morgan fingerprint density at radius 2 is 1.20 bits per heavy atom. The van der Waals surface area contributed by atoms with Gasteiger partial charge in [0.15, 0.2) is 5.84 Å². The number of amidine groups is 2. The number of imidazole rings is 1. The zero-order valence-electron chi connectivity index (χ0n) is 31.9. The molecule has 0 bridgehead atoms. The van der Waals surface area contributed by atoms with Crippen LogP contribution in [-0.2, 0) is 6.54 Å². The van der Waals surface area contributed by atoms with Crippen molar-refractivity contribution in [2.45, 2.75) is 6.54 Å². The Balaban J connectivity index is 1.01. The summed E-state index contributed by atoms with van der Waals surface area (Å²) in [6.07, 6.45) is 0. The molecule has 11 aromatic rings. The first kappa shape index (κ1) is 34.6. The largest absolute Gasteiger partial charge is 0.383 e. The fourth-order valence-electron chi connectivity index (χ4n) is 8.33. The van der Waals surface area contributed by atoms with Crippen molar-refractivity contribution in [1.82, 2.24) is 14.1 Å². The van der Waals surface area contributed by atoms with Crippen molar-refractivity contribution in [2.24, 2.45) is 15.7 Å². The number of para-hydroxylation sites is 5. The van der Waals surface area contributed by atoms with E-state index in [9.17, 15) is 0 Å². The highest BCUT2D eigenvalue weighted by Gasteiger charge is 2.18. The van der Waals surface area contributed by atoms with Gasteiger partial charge >= 0.3 is 0 Å². The third-order valence-electron chi connectivity index (χ3n) is 11.1. The van der Waals surface area contributed by atoms with E-state index in [-0.39, 0.29) is 0 Å². The molecule has 3 aromatic heterocycles. The number of rotatable bonds is 7. The fourth-order valence-corrected chi connectivity index (χ4v) is 9.47. The van der Waals surface area contributed by atoms with Crippen molar-refractivity contribution in [2.75, 3.05) is 0 Å². The Bertz CT molecular complexity index is 3410. The molecule has 280 valence electrons. The number of benzene rings is 8. The molecule has 0 atom stereocenters. The standard InChI is InChI=1S/C52H36N6S/c53-50(35-27-29-45-41(31-35)40-22-10-12-24-44(40)57(45)38-18-6-2-7-19-38)56-51(34-15-4-1-5-16-34)54-33-37-17-14-26-48-49(37)42-32-36(28-30-47(42)59-48)52-55-43-23-11-13-25-46(43)58(52)39-20-8-3-9-21-39/h1-32H,33H2,(H2,53,54,56). The number of hydrogen-bond donors (Lipinski definition) is 1. The lowest BCUT2D eigenvalue weighted by molar-refractivity contribution is 1.08. The molecule has 0 amide bonds. The van der Waals surface area contributed by atoms with Gasteiger partial charge in [-0.05, 0) is 90.5 Å². The molecular weight excluding hydrogens is 741 g/mol. The second-order valence-corrected chi connectivity index (χ2v) is 15.7. The molecule has 11 rings (SSSR count). The Labute approximate surface area is 344 Å². The molecule has 6 nitrogen and oxygen atoms in total. The minimum absolute atomic E-state index is 0.413. The van der Waals surface area contributed by atoms with Gasteiger partial charge in [0.05, 0.1) is 28.6 Å². The lowest BCUT2D eigenvalue weighted by atomic mass is 10.0. The molecule has 0 aliphatic rings. The molecule has 0 spiro atoms. The van der Waals surface area contributed by atoms with Crippen LogP contribution in [0.3, 0.4) is 0 Å². The number of hydrogen-bond acceptors (Lipinski definition) is 3. The van der Waals surface area contributed by atoms with E-state index in [0.717, 1.165) is 72.3 Å². The van der Waals surface area contributed by atoms with E-state index < -0.39 is 0 Å². The normalized spacial score (nSPS) is 12.4. The smallest absolute Gasteiger partial charge is 0.157 e. The molecule has 0 aliphatic heterocycles. The number of nitrogens with zero attached hydrogens (tertiary/aromatic N) is 5. The lowest BCUT2D eigenvalue weighted by Gasteiger charge is -2.10. The van der Waals surface area contributed by atoms with Crippen LogP contribution in [0.5, 0.6) is 0 Å². The van der Waals surface area contributed by atoms with Gasteiger partial charge in [0.1, 0.15) is 11.7 Å². The monoisotopic (exact) mass is 776 g/mol. The van der Waals surface area contributed by atoms with Gasteiger partial charge < -0.3 is 10.3 Å². The van der Waals surface area contributed by atoms with Crippen LogP contribution in [0, 0.1) is 0 Å². The predicted octanol–water partition coefficient (Wildman–Crippen LogP) is 12.5. The van der Waals surface area contributed by atoms with Crippen LogP contribution in [0.1, 0.15) is 16.7 Å². The molecule has 8 aromatic carbocycles. The molecule has 3 heterocycles. The van der Waals surface area contributed by atoms with Crippen LogP contribution >= 0.6 is 11.3 Å². The van der Waals surface area contributed by atoms with E-state index in [1.165, 1.54) is 20.2 Å². The maximum Gasteiger partial charge on any atom is 0.157 e. The van der Waals surface area contributed by atoms with E-state index in [0.29, 0.717) is 18.2 Å². The van der Waals surface area contributed by atoms with Gasteiger partial charge in [-0.1, -0.05) is 109 Å². The van der Waals surface area contributed by atoms with Crippen LogP contribution < -0.4 is 5.73 Å². The minimum Gasteiger partial charge on any atom is -0.383 e. The maximum atomic E-state index is 6.91. The Hall–Kier alpha value is -7.61. The van der Waals surface area contributed by atoms with E-state index in [2.05, 4.69) is 155 Å². The molecule has 0 radical (unpaired) electrons. The van der Waals surface area contributed by atoms with Crippen LogP contribution in [0.25, 0.3) is 75.8 Å². The van der Waals surface area contributed by atoms with Gasteiger partial charge in [-0.15, -0.1) is 11.3 Å². The highest BCUT2D eigenvalue weighted by atomic mass is 32.1. The fraction of sp³-hybridized carbons (Fsp3) is 0.0192. The van der Waals surface area contributed by atoms with Crippen molar-refractivity contribution in [3.05, 3.63) is 211 Å². The second-order valence-electron chi connectivity index (χ2n) is 14.6. The van der Waals surface area contributed by atoms with Crippen molar-refractivity contribution >= 4 is 76.0 Å². The van der Waals surface area contributed by atoms with Crippen LogP contribution in [0.2, 0.25) is 0 Å². The van der Waals surface area contributed by atoms with Gasteiger partial charge in [0, 0.05) is 59.0 Å². The molecule has 0 aliphatic carbocycles. The first-order chi connectivity index (χ1) is 29.2. The summed E-state index contributed by atoms with van der Waals surface area (Å²) in [5.74, 6) is 1.91. The van der Waals surface area contributed by atoms with Crippen molar-refractivity contribution in [1.29, 1.82) is 0 Å². The van der Waals surface area contributed by atoms with Gasteiger partial charge in [-0.3, -0.25) is 9.56 Å². The lowest BCUT2D eigenvalue weighted by Crippen LogP contribution is -2.16. The Morgan fingerprint density at radius 3 is 2.00 bits per heavy atom. The average Bonchev–Trinajstić information content (AvgIpc) is 3.98. The Morgan fingerprint density at radius 1 is 0.525 bits per heavy atom. The zero-order chi connectivity index (χ0) is 39.3. The summed E-state index contributed by atoms with van der Waals surface area (Å²) in [6, 6.07) is 67.4. The van der Waals surface area contributed by atoms with Gasteiger partial charge in [-0.2, -0.15) is 0 Å². The molecule has 0 unspecified atom stereocenters. The summed E-state index contributed by atoms with van der Waals surface area (Å²) in [5, 5.41) is 4.67. The SMILES string of the molecule is N/C(=N\C(=N/Cc1cccc2sc3ccc(-c4nc5ccccc5n4-c4ccccc4)cc3c12)c1ccccc1)c1ccc2c(c1)c1ccccc1n2-c1ccccc1. The maximum absolute atomic E-state index is 6.91. The first-order valence-electron chi connectivity index (χ1n) is 19.7. The van der Waals surface area contributed by atoms with Gasteiger partial charge in [-0.25, -0.2) is 9.98 Å². The summed E-state index contributed by atoms with van der Waals surface area (Å²) >= 11 is 1.80. The van der Waals surface area contributed by atoms with Crippen molar-refractivity contribution in [3.63, 3.8) is 0 Å². The van der Waals surface area contributed by atoms with E-state index in [4.69, 9.17) is 20.7 Å². The average molecular weight is 777 g/mol. The van der Waals surface area contributed by atoms with E-state index in [1.54, 1.807) is 11.3 Å². The molecule has 59 heavy (non-hydrogen) atoms. The van der Waals surface area contributed by atoms with E-state index in [1.807, 2.05) is 48.5 Å². The number of nitrogens with two attached hydrogens (primary N) is 1. The summed E-state index contributed by atoms with van der Waals surface area (Å²) < 4.78 is 6.99. The number of aromatic nitrogens is 3. The van der Waals surface area contributed by atoms with Crippen LogP contribution in [0.4, 0.5) is 0 Å². The summed E-state index contributed by atoms with van der Waals surface area (Å²) in [5.41, 5.74) is 17.3. The molecule has 0 saturated heterocycles. The topological polar surface area (TPSA) is 73.5 Å². The van der Waals surface area contributed by atoms with Crippen LogP contribution in [-0.4, -0.2) is 25.8 Å². The number of fused-ring (bicyclic) bond motifs is 7. The summed E-state index contributed by atoms with van der Waals surface area (Å²) in [7, 11) is 0. The zero-order valence-corrected chi connectivity index (χ0v) is 32.7. The highest BCUT2D eigenvalue weighted by Crippen LogP contribution is 2.40. The predicted molar refractivity (Wildman–Crippen MR) is 248 cm³/mol. The Kier molecular flexibility index (Phi) is 8.45. The van der Waals surface area contributed by atoms with Gasteiger partial charge in [0.25, 0.3) is 0 Å². The summed E-state index contributed by atoms with van der Waals surface area (Å²) in [6.45, 7) is 0.431. The van der Waals surface area contributed by atoms with Gasteiger partial charge in [0.2, 0.25) is 0 Å². The third kappa shape index (κ3) is 6.07. The minimum atomic E-state index is 0.413. The molecule has 7 heteroatoms.